The third-order valence-electron chi connectivity index (χ3n) is 2.43. The topological polar surface area (TPSA) is 24.7 Å². The number of rotatable bonds is 3. The number of benzene rings is 2. The number of halogens is 1. The van der Waals surface area contributed by atoms with Gasteiger partial charge in [-0.15, -0.1) is 0 Å². The zero-order valence-corrected chi connectivity index (χ0v) is 10.8. The van der Waals surface area contributed by atoms with Crippen molar-refractivity contribution in [1.29, 1.82) is 0 Å². The smallest absolute Gasteiger partial charge is 0.0568 e. The van der Waals surface area contributed by atoms with Gasteiger partial charge in [0.1, 0.15) is 0 Å². The van der Waals surface area contributed by atoms with Crippen molar-refractivity contribution in [2.45, 2.75) is 6.92 Å². The summed E-state index contributed by atoms with van der Waals surface area (Å²) in [5, 5.41) is 8.71. The van der Waals surface area contributed by atoms with Gasteiger partial charge in [0, 0.05) is 5.02 Å². The number of hydrogen-bond donors (Lipinski definition) is 0. The number of aryl methyl sites for hydroxylation is 1. The minimum Gasteiger partial charge on any atom is -0.159 e. The first-order chi connectivity index (χ1) is 8.74. The zero-order chi connectivity index (χ0) is 12.8. The Morgan fingerprint density at radius 3 is 1.72 bits per heavy atom. The SMILES string of the molecule is Cc1ccc(/C=N/N=C/c2ccc(Cl)cc2)cc1. The van der Waals surface area contributed by atoms with Crippen LogP contribution in [-0.4, -0.2) is 12.4 Å². The van der Waals surface area contributed by atoms with Crippen LogP contribution in [-0.2, 0) is 0 Å². The molecule has 2 aromatic rings. The van der Waals surface area contributed by atoms with Gasteiger partial charge < -0.3 is 0 Å². The fourth-order valence-electron chi connectivity index (χ4n) is 1.40. The quantitative estimate of drug-likeness (QED) is 0.583. The first kappa shape index (κ1) is 12.5. The third-order valence-corrected chi connectivity index (χ3v) is 2.68. The van der Waals surface area contributed by atoms with Crippen LogP contribution >= 0.6 is 11.6 Å². The van der Waals surface area contributed by atoms with E-state index in [4.69, 9.17) is 11.6 Å². The largest absolute Gasteiger partial charge is 0.159 e. The predicted octanol–water partition coefficient (Wildman–Crippen LogP) is 4.10. The van der Waals surface area contributed by atoms with Crippen LogP contribution in [0.5, 0.6) is 0 Å². The third kappa shape index (κ3) is 3.82. The van der Waals surface area contributed by atoms with Crippen LogP contribution in [0.2, 0.25) is 5.02 Å². The van der Waals surface area contributed by atoms with Crippen molar-refractivity contribution in [3.63, 3.8) is 0 Å². The molecule has 0 saturated carbocycles. The minimum absolute atomic E-state index is 0.718. The van der Waals surface area contributed by atoms with E-state index in [0.29, 0.717) is 0 Å². The van der Waals surface area contributed by atoms with Gasteiger partial charge in [-0.2, -0.15) is 10.2 Å². The Labute approximate surface area is 112 Å². The van der Waals surface area contributed by atoms with E-state index in [-0.39, 0.29) is 0 Å². The first-order valence-corrected chi connectivity index (χ1v) is 6.00. The second-order valence-corrected chi connectivity index (χ2v) is 4.39. The Morgan fingerprint density at radius 2 is 1.22 bits per heavy atom. The van der Waals surface area contributed by atoms with Crippen molar-refractivity contribution >= 4 is 24.0 Å². The van der Waals surface area contributed by atoms with Crippen LogP contribution in [0.25, 0.3) is 0 Å². The average molecular weight is 257 g/mol. The Hall–Kier alpha value is -1.93. The highest BCUT2D eigenvalue weighted by molar-refractivity contribution is 6.30. The second kappa shape index (κ2) is 6.12. The van der Waals surface area contributed by atoms with Gasteiger partial charge in [0.2, 0.25) is 0 Å². The van der Waals surface area contributed by atoms with E-state index in [1.807, 2.05) is 48.5 Å². The highest BCUT2D eigenvalue weighted by Gasteiger charge is 1.88. The van der Waals surface area contributed by atoms with Crippen molar-refractivity contribution in [1.82, 2.24) is 0 Å². The Morgan fingerprint density at radius 1 is 0.778 bits per heavy atom. The van der Waals surface area contributed by atoms with E-state index in [9.17, 15) is 0 Å². The van der Waals surface area contributed by atoms with Gasteiger partial charge in [-0.05, 0) is 30.2 Å². The fourth-order valence-corrected chi connectivity index (χ4v) is 1.53. The number of nitrogens with zero attached hydrogens (tertiary/aromatic N) is 2. The van der Waals surface area contributed by atoms with Crippen molar-refractivity contribution in [2.24, 2.45) is 10.2 Å². The summed E-state index contributed by atoms with van der Waals surface area (Å²) in [6, 6.07) is 15.6. The lowest BCUT2D eigenvalue weighted by Crippen LogP contribution is -1.81. The summed E-state index contributed by atoms with van der Waals surface area (Å²) in [5.41, 5.74) is 3.24. The molecule has 0 spiro atoms. The molecule has 0 aliphatic rings. The highest BCUT2D eigenvalue weighted by atomic mass is 35.5. The maximum absolute atomic E-state index is 5.79. The van der Waals surface area contributed by atoms with E-state index in [1.54, 1.807) is 12.4 Å². The normalized spacial score (nSPS) is 11.4. The van der Waals surface area contributed by atoms with E-state index in [2.05, 4.69) is 17.1 Å². The summed E-state index contributed by atoms with van der Waals surface area (Å²) >= 11 is 5.79. The van der Waals surface area contributed by atoms with Gasteiger partial charge in [-0.1, -0.05) is 53.6 Å². The van der Waals surface area contributed by atoms with Crippen molar-refractivity contribution in [3.8, 4) is 0 Å². The lowest BCUT2D eigenvalue weighted by Gasteiger charge is -1.93. The Kier molecular flexibility index (Phi) is 4.26. The summed E-state index contributed by atoms with van der Waals surface area (Å²) < 4.78 is 0. The summed E-state index contributed by atoms with van der Waals surface area (Å²) in [5.74, 6) is 0. The van der Waals surface area contributed by atoms with Crippen molar-refractivity contribution in [3.05, 3.63) is 70.2 Å². The molecule has 0 radical (unpaired) electrons. The molecule has 0 amide bonds. The molecule has 0 saturated heterocycles. The molecule has 2 aromatic carbocycles. The monoisotopic (exact) mass is 256 g/mol. The highest BCUT2D eigenvalue weighted by Crippen LogP contribution is 2.07. The van der Waals surface area contributed by atoms with Crippen LogP contribution < -0.4 is 0 Å². The second-order valence-electron chi connectivity index (χ2n) is 3.95. The van der Waals surface area contributed by atoms with E-state index in [0.717, 1.165) is 16.1 Å². The van der Waals surface area contributed by atoms with E-state index in [1.165, 1.54) is 5.56 Å². The molecule has 0 aliphatic carbocycles. The molecule has 0 bridgehead atoms. The van der Waals surface area contributed by atoms with Crippen LogP contribution in [0, 0.1) is 6.92 Å². The average Bonchev–Trinajstić information content (AvgIpc) is 2.39. The molecule has 2 rings (SSSR count). The summed E-state index contributed by atoms with van der Waals surface area (Å²) in [4.78, 5) is 0. The molecule has 0 heterocycles. The van der Waals surface area contributed by atoms with Gasteiger partial charge in [0.25, 0.3) is 0 Å². The molecule has 18 heavy (non-hydrogen) atoms. The molecule has 3 heteroatoms. The maximum Gasteiger partial charge on any atom is 0.0568 e. The lowest BCUT2D eigenvalue weighted by atomic mass is 10.2. The predicted molar refractivity (Wildman–Crippen MR) is 77.8 cm³/mol. The summed E-state index contributed by atoms with van der Waals surface area (Å²) in [7, 11) is 0. The maximum atomic E-state index is 5.79. The molecule has 0 N–H and O–H groups in total. The van der Waals surface area contributed by atoms with Gasteiger partial charge in [-0.3, -0.25) is 0 Å². The molecule has 90 valence electrons. The molecule has 0 fully saturated rings. The Bertz CT molecular complexity index is 501. The van der Waals surface area contributed by atoms with Crippen LogP contribution in [0.4, 0.5) is 0 Å². The van der Waals surface area contributed by atoms with Gasteiger partial charge in [0.15, 0.2) is 0 Å². The molecule has 0 atom stereocenters. The summed E-state index contributed by atoms with van der Waals surface area (Å²) in [6.07, 6.45) is 3.42. The first-order valence-electron chi connectivity index (χ1n) is 5.63. The van der Waals surface area contributed by atoms with Crippen LogP contribution in [0.3, 0.4) is 0 Å². The standard InChI is InChI=1S/C15H13ClN2/c1-12-2-4-13(5-3-12)10-17-18-11-14-6-8-15(16)9-7-14/h2-11H,1H3/b17-10+,18-11+. The van der Waals surface area contributed by atoms with Gasteiger partial charge in [0.05, 0.1) is 12.4 Å². The van der Waals surface area contributed by atoms with Crippen LogP contribution in [0.15, 0.2) is 58.7 Å². The van der Waals surface area contributed by atoms with Gasteiger partial charge in [-0.25, -0.2) is 0 Å². The van der Waals surface area contributed by atoms with Crippen molar-refractivity contribution < 1.29 is 0 Å². The molecule has 2 nitrogen and oxygen atoms in total. The summed E-state index contributed by atoms with van der Waals surface area (Å²) in [6.45, 7) is 2.06. The van der Waals surface area contributed by atoms with E-state index < -0.39 is 0 Å². The van der Waals surface area contributed by atoms with Crippen LogP contribution in [0.1, 0.15) is 16.7 Å². The fraction of sp³-hybridized carbons (Fsp3) is 0.0667. The lowest BCUT2D eigenvalue weighted by molar-refractivity contribution is 1.26. The number of hydrogen-bond acceptors (Lipinski definition) is 2. The molecular formula is C15H13ClN2. The zero-order valence-electron chi connectivity index (χ0n) is 10.0. The van der Waals surface area contributed by atoms with Crippen molar-refractivity contribution in [2.75, 3.05) is 0 Å². The molecule has 0 aliphatic heterocycles. The molecule has 0 aromatic heterocycles. The molecule has 0 unspecified atom stereocenters. The Balaban J connectivity index is 1.98. The minimum atomic E-state index is 0.718. The van der Waals surface area contributed by atoms with Gasteiger partial charge >= 0.3 is 0 Å². The van der Waals surface area contributed by atoms with E-state index >= 15 is 0 Å². The molecular weight excluding hydrogens is 244 g/mol.